The molecule has 0 unspecified atom stereocenters. The Labute approximate surface area is 112 Å². The lowest BCUT2D eigenvalue weighted by Gasteiger charge is -2.07. The van der Waals surface area contributed by atoms with Crippen molar-refractivity contribution in [1.29, 1.82) is 0 Å². The molecule has 5 heteroatoms. The SMILES string of the molecule is CC#CCOc1ccc(OCCCC(=O)NO)cc1. The summed E-state index contributed by atoms with van der Waals surface area (Å²) < 4.78 is 10.8. The number of ether oxygens (including phenoxy) is 2. The van der Waals surface area contributed by atoms with E-state index in [9.17, 15) is 4.79 Å². The van der Waals surface area contributed by atoms with Crippen LogP contribution in [0.15, 0.2) is 24.3 Å². The topological polar surface area (TPSA) is 67.8 Å². The number of nitrogens with one attached hydrogen (secondary N) is 1. The van der Waals surface area contributed by atoms with Crippen molar-refractivity contribution < 1.29 is 19.5 Å². The molecule has 19 heavy (non-hydrogen) atoms. The number of carbonyl (C=O) groups is 1. The van der Waals surface area contributed by atoms with Gasteiger partial charge in [-0.15, -0.1) is 5.92 Å². The van der Waals surface area contributed by atoms with Crippen LogP contribution in [0.1, 0.15) is 19.8 Å². The van der Waals surface area contributed by atoms with Gasteiger partial charge in [0.1, 0.15) is 18.1 Å². The van der Waals surface area contributed by atoms with Crippen LogP contribution in [-0.2, 0) is 4.79 Å². The van der Waals surface area contributed by atoms with E-state index in [1.54, 1.807) is 36.7 Å². The summed E-state index contributed by atoms with van der Waals surface area (Å²) in [5, 5.41) is 8.31. The summed E-state index contributed by atoms with van der Waals surface area (Å²) in [5.74, 6) is 6.58. The first-order chi connectivity index (χ1) is 9.26. The largest absolute Gasteiger partial charge is 0.494 e. The summed E-state index contributed by atoms with van der Waals surface area (Å²) in [6, 6.07) is 7.18. The van der Waals surface area contributed by atoms with Crippen LogP contribution in [0.5, 0.6) is 11.5 Å². The van der Waals surface area contributed by atoms with Crippen LogP contribution in [-0.4, -0.2) is 24.3 Å². The van der Waals surface area contributed by atoms with E-state index in [2.05, 4.69) is 11.8 Å². The molecular weight excluding hydrogens is 246 g/mol. The molecule has 0 spiro atoms. The van der Waals surface area contributed by atoms with Crippen molar-refractivity contribution in [1.82, 2.24) is 5.48 Å². The Hall–Kier alpha value is -2.19. The van der Waals surface area contributed by atoms with E-state index < -0.39 is 5.91 Å². The minimum absolute atomic E-state index is 0.230. The van der Waals surface area contributed by atoms with Crippen LogP contribution in [0.25, 0.3) is 0 Å². The lowest BCUT2D eigenvalue weighted by molar-refractivity contribution is -0.129. The highest BCUT2D eigenvalue weighted by Gasteiger charge is 2.00. The zero-order valence-corrected chi connectivity index (χ0v) is 10.8. The molecule has 0 heterocycles. The smallest absolute Gasteiger partial charge is 0.243 e. The van der Waals surface area contributed by atoms with Gasteiger partial charge >= 0.3 is 0 Å². The van der Waals surface area contributed by atoms with Crippen LogP contribution in [0.3, 0.4) is 0 Å². The van der Waals surface area contributed by atoms with Gasteiger partial charge in [-0.05, 0) is 37.6 Å². The second kappa shape index (κ2) is 8.84. The van der Waals surface area contributed by atoms with E-state index in [1.807, 2.05) is 0 Å². The quantitative estimate of drug-likeness (QED) is 0.340. The number of carbonyl (C=O) groups excluding carboxylic acids is 1. The third-order valence-corrected chi connectivity index (χ3v) is 2.25. The summed E-state index contributed by atoms with van der Waals surface area (Å²) in [4.78, 5) is 10.7. The highest BCUT2D eigenvalue weighted by Crippen LogP contribution is 2.17. The summed E-state index contributed by atoms with van der Waals surface area (Å²) >= 11 is 0. The van der Waals surface area contributed by atoms with E-state index in [-0.39, 0.29) is 6.42 Å². The minimum Gasteiger partial charge on any atom is -0.494 e. The number of hydroxylamine groups is 1. The van der Waals surface area contributed by atoms with Gasteiger partial charge in [0.2, 0.25) is 5.91 Å². The fourth-order valence-corrected chi connectivity index (χ4v) is 1.30. The highest BCUT2D eigenvalue weighted by atomic mass is 16.5. The van der Waals surface area contributed by atoms with Gasteiger partial charge in [-0.3, -0.25) is 10.0 Å². The zero-order valence-electron chi connectivity index (χ0n) is 10.8. The maximum absolute atomic E-state index is 10.7. The molecule has 1 amide bonds. The number of benzene rings is 1. The molecular formula is C14H17NO4. The maximum Gasteiger partial charge on any atom is 0.243 e. The van der Waals surface area contributed by atoms with Crippen molar-refractivity contribution >= 4 is 5.91 Å². The number of rotatable bonds is 7. The lowest BCUT2D eigenvalue weighted by atomic mass is 10.3. The van der Waals surface area contributed by atoms with E-state index >= 15 is 0 Å². The van der Waals surface area contributed by atoms with Crippen molar-refractivity contribution in [2.24, 2.45) is 0 Å². The Balaban J connectivity index is 2.27. The molecule has 102 valence electrons. The molecule has 0 saturated heterocycles. The van der Waals surface area contributed by atoms with Crippen LogP contribution in [0, 0.1) is 11.8 Å². The number of amides is 1. The first-order valence-electron chi connectivity index (χ1n) is 5.94. The van der Waals surface area contributed by atoms with Crippen LogP contribution in [0.2, 0.25) is 0 Å². The fourth-order valence-electron chi connectivity index (χ4n) is 1.30. The molecule has 0 radical (unpaired) electrons. The van der Waals surface area contributed by atoms with Crippen molar-refractivity contribution in [3.63, 3.8) is 0 Å². The highest BCUT2D eigenvalue weighted by molar-refractivity contribution is 5.74. The maximum atomic E-state index is 10.7. The van der Waals surface area contributed by atoms with E-state index in [1.165, 1.54) is 0 Å². The second-order valence-corrected chi connectivity index (χ2v) is 3.67. The standard InChI is InChI=1S/C14H17NO4/c1-2-3-10-18-12-6-8-13(9-7-12)19-11-4-5-14(16)15-17/h6-9,17H,4-5,10-11H2,1H3,(H,15,16). The molecule has 2 N–H and O–H groups in total. The normalized spacial score (nSPS) is 9.16. The second-order valence-electron chi connectivity index (χ2n) is 3.67. The Morgan fingerprint density at radius 2 is 1.89 bits per heavy atom. The van der Waals surface area contributed by atoms with Crippen molar-refractivity contribution in [2.75, 3.05) is 13.2 Å². The molecule has 1 rings (SSSR count). The molecule has 1 aromatic carbocycles. The first kappa shape index (κ1) is 14.9. The van der Waals surface area contributed by atoms with Gasteiger partial charge in [-0.2, -0.15) is 0 Å². The van der Waals surface area contributed by atoms with Gasteiger partial charge in [0.05, 0.1) is 6.61 Å². The first-order valence-corrected chi connectivity index (χ1v) is 5.94. The lowest BCUT2D eigenvalue weighted by Crippen LogP contribution is -2.18. The third-order valence-electron chi connectivity index (χ3n) is 2.25. The van der Waals surface area contributed by atoms with Crippen LogP contribution < -0.4 is 15.0 Å². The molecule has 0 bridgehead atoms. The number of hydrogen-bond donors (Lipinski definition) is 2. The van der Waals surface area contributed by atoms with Gasteiger partial charge in [-0.25, -0.2) is 5.48 Å². The molecule has 1 aromatic rings. The fraction of sp³-hybridized carbons (Fsp3) is 0.357. The van der Waals surface area contributed by atoms with E-state index in [4.69, 9.17) is 14.7 Å². The van der Waals surface area contributed by atoms with E-state index in [0.29, 0.717) is 25.4 Å². The van der Waals surface area contributed by atoms with E-state index in [0.717, 1.165) is 5.75 Å². The monoisotopic (exact) mass is 263 g/mol. The predicted octanol–water partition coefficient (Wildman–Crippen LogP) is 1.75. The summed E-state index contributed by atoms with van der Waals surface area (Å²) in [6.45, 7) is 2.54. The van der Waals surface area contributed by atoms with Crippen molar-refractivity contribution in [3.05, 3.63) is 24.3 Å². The molecule has 5 nitrogen and oxygen atoms in total. The van der Waals surface area contributed by atoms with Gasteiger partial charge in [0.25, 0.3) is 0 Å². The predicted molar refractivity (Wildman–Crippen MR) is 70.0 cm³/mol. The zero-order chi connectivity index (χ0) is 13.9. The Morgan fingerprint density at radius 3 is 2.47 bits per heavy atom. The molecule has 0 aliphatic heterocycles. The number of hydrogen-bond acceptors (Lipinski definition) is 4. The average molecular weight is 263 g/mol. The van der Waals surface area contributed by atoms with Gasteiger partial charge in [0.15, 0.2) is 0 Å². The Kier molecular flexibility index (Phi) is 6.92. The molecule has 0 fully saturated rings. The third kappa shape index (κ3) is 6.34. The molecule has 0 aliphatic carbocycles. The Bertz CT molecular complexity index is 445. The summed E-state index contributed by atoms with van der Waals surface area (Å²) in [7, 11) is 0. The van der Waals surface area contributed by atoms with Crippen molar-refractivity contribution in [3.8, 4) is 23.3 Å². The van der Waals surface area contributed by atoms with Crippen LogP contribution >= 0.6 is 0 Å². The molecule has 0 atom stereocenters. The van der Waals surface area contributed by atoms with Gasteiger partial charge in [0, 0.05) is 6.42 Å². The minimum atomic E-state index is -0.413. The van der Waals surface area contributed by atoms with Crippen LogP contribution in [0.4, 0.5) is 0 Å². The van der Waals surface area contributed by atoms with Gasteiger partial charge in [-0.1, -0.05) is 5.92 Å². The molecule has 0 saturated carbocycles. The van der Waals surface area contributed by atoms with Crippen molar-refractivity contribution in [2.45, 2.75) is 19.8 Å². The summed E-state index contributed by atoms with van der Waals surface area (Å²) in [6.07, 6.45) is 0.768. The summed E-state index contributed by atoms with van der Waals surface area (Å²) in [5.41, 5.74) is 1.57. The van der Waals surface area contributed by atoms with Gasteiger partial charge < -0.3 is 9.47 Å². The Morgan fingerprint density at radius 1 is 1.26 bits per heavy atom. The average Bonchev–Trinajstić information content (AvgIpc) is 2.45. The molecule has 0 aliphatic rings. The molecule has 0 aromatic heterocycles.